The van der Waals surface area contributed by atoms with Gasteiger partial charge in [0.25, 0.3) is 5.92 Å². The van der Waals surface area contributed by atoms with Gasteiger partial charge in [-0.2, -0.15) is 0 Å². The smallest absolute Gasteiger partial charge is 0.252 e. The van der Waals surface area contributed by atoms with Gasteiger partial charge in [-0.1, -0.05) is 29.8 Å². The summed E-state index contributed by atoms with van der Waals surface area (Å²) < 4.78 is 40.4. The van der Waals surface area contributed by atoms with Crippen LogP contribution in [0.5, 0.6) is 0 Å². The molecule has 29 heavy (non-hydrogen) atoms. The molecule has 1 fully saturated rings. The highest BCUT2D eigenvalue weighted by Gasteiger charge is 2.47. The average Bonchev–Trinajstić information content (AvgIpc) is 2.64. The molecule has 0 spiro atoms. The summed E-state index contributed by atoms with van der Waals surface area (Å²) in [5, 5.41) is 2.77. The SMILES string of the molecule is CSc1cc(F)cc(N(C=O)C(C(=O)NC2CC(F)(F)C2)c2ccccc2Cl)c1. The second kappa shape index (κ2) is 8.67. The lowest BCUT2D eigenvalue weighted by atomic mass is 9.87. The van der Waals surface area contributed by atoms with Gasteiger partial charge in [-0.05, 0) is 30.5 Å². The molecule has 2 aromatic rings. The topological polar surface area (TPSA) is 49.4 Å². The van der Waals surface area contributed by atoms with E-state index in [1.54, 1.807) is 36.6 Å². The maximum atomic E-state index is 14.1. The van der Waals surface area contributed by atoms with Crippen molar-refractivity contribution in [3.8, 4) is 0 Å². The molecule has 0 bridgehead atoms. The van der Waals surface area contributed by atoms with E-state index in [0.717, 1.165) is 11.0 Å². The zero-order valence-corrected chi connectivity index (χ0v) is 16.9. The average molecular weight is 443 g/mol. The van der Waals surface area contributed by atoms with Crippen molar-refractivity contribution in [1.82, 2.24) is 5.32 Å². The maximum Gasteiger partial charge on any atom is 0.252 e. The van der Waals surface area contributed by atoms with Crippen molar-refractivity contribution < 1.29 is 22.8 Å². The molecule has 2 amide bonds. The van der Waals surface area contributed by atoms with Crippen molar-refractivity contribution in [3.63, 3.8) is 0 Å². The van der Waals surface area contributed by atoms with Gasteiger partial charge in [-0.25, -0.2) is 13.2 Å². The van der Waals surface area contributed by atoms with E-state index in [0.29, 0.717) is 16.9 Å². The summed E-state index contributed by atoms with van der Waals surface area (Å²) in [5.41, 5.74) is 0.461. The summed E-state index contributed by atoms with van der Waals surface area (Å²) in [7, 11) is 0. The third-order valence-electron chi connectivity index (χ3n) is 4.67. The lowest BCUT2D eigenvalue weighted by Crippen LogP contribution is -2.53. The molecule has 1 aliphatic carbocycles. The van der Waals surface area contributed by atoms with E-state index in [-0.39, 0.29) is 10.7 Å². The zero-order chi connectivity index (χ0) is 21.2. The highest BCUT2D eigenvalue weighted by molar-refractivity contribution is 7.98. The second-order valence-electron chi connectivity index (χ2n) is 6.76. The van der Waals surface area contributed by atoms with Crippen LogP contribution >= 0.6 is 23.4 Å². The van der Waals surface area contributed by atoms with Crippen molar-refractivity contribution in [2.45, 2.75) is 35.7 Å². The summed E-state index contributed by atoms with van der Waals surface area (Å²) in [6.07, 6.45) is 1.22. The molecular weight excluding hydrogens is 425 g/mol. The third kappa shape index (κ3) is 4.87. The van der Waals surface area contributed by atoms with Crippen LogP contribution in [0.25, 0.3) is 0 Å². The number of nitrogens with one attached hydrogen (secondary N) is 1. The Morgan fingerprint density at radius 3 is 2.59 bits per heavy atom. The fraction of sp³-hybridized carbons (Fsp3) is 0.300. The number of anilines is 1. The van der Waals surface area contributed by atoms with E-state index in [4.69, 9.17) is 11.6 Å². The molecule has 9 heteroatoms. The van der Waals surface area contributed by atoms with Crippen LogP contribution in [0.1, 0.15) is 24.4 Å². The van der Waals surface area contributed by atoms with E-state index in [9.17, 15) is 22.8 Å². The van der Waals surface area contributed by atoms with Crippen molar-refractivity contribution in [2.75, 3.05) is 11.2 Å². The molecule has 0 saturated heterocycles. The van der Waals surface area contributed by atoms with Crippen molar-refractivity contribution in [2.24, 2.45) is 0 Å². The molecule has 1 unspecified atom stereocenters. The molecule has 0 radical (unpaired) electrons. The van der Waals surface area contributed by atoms with Gasteiger partial charge in [0.15, 0.2) is 0 Å². The van der Waals surface area contributed by atoms with Crippen LogP contribution in [0, 0.1) is 5.82 Å². The maximum absolute atomic E-state index is 14.1. The Morgan fingerprint density at radius 1 is 1.31 bits per heavy atom. The van der Waals surface area contributed by atoms with Crippen molar-refractivity contribution >= 4 is 41.4 Å². The minimum absolute atomic E-state index is 0.156. The van der Waals surface area contributed by atoms with Gasteiger partial charge >= 0.3 is 0 Å². The van der Waals surface area contributed by atoms with Crippen LogP contribution in [0.3, 0.4) is 0 Å². The summed E-state index contributed by atoms with van der Waals surface area (Å²) >= 11 is 7.53. The van der Waals surface area contributed by atoms with E-state index in [1.165, 1.54) is 17.8 Å². The van der Waals surface area contributed by atoms with Crippen LogP contribution < -0.4 is 10.2 Å². The van der Waals surface area contributed by atoms with Gasteiger partial charge in [-0.15, -0.1) is 11.8 Å². The Bertz CT molecular complexity index is 920. The standard InChI is InChI=1S/C20H18ClF3N2O2S/c1-29-15-7-12(22)6-14(8-15)26(11-27)18(16-4-2-3-5-17(16)21)19(28)25-13-9-20(23,24)10-13/h2-8,11,13,18H,9-10H2,1H3,(H,25,28). The highest BCUT2D eigenvalue weighted by atomic mass is 35.5. The first kappa shape index (κ1) is 21.5. The number of benzene rings is 2. The van der Waals surface area contributed by atoms with Crippen LogP contribution in [0.15, 0.2) is 47.4 Å². The number of halogens is 4. The minimum Gasteiger partial charge on any atom is -0.351 e. The molecule has 2 aromatic carbocycles. The molecule has 154 valence electrons. The quantitative estimate of drug-likeness (QED) is 0.494. The van der Waals surface area contributed by atoms with Gasteiger partial charge in [-0.3, -0.25) is 14.5 Å². The fourth-order valence-electron chi connectivity index (χ4n) is 3.24. The Balaban J connectivity index is 1.99. The van der Waals surface area contributed by atoms with Gasteiger partial charge in [0.1, 0.15) is 11.9 Å². The molecule has 0 aliphatic heterocycles. The largest absolute Gasteiger partial charge is 0.351 e. The van der Waals surface area contributed by atoms with E-state index in [1.807, 2.05) is 0 Å². The van der Waals surface area contributed by atoms with Gasteiger partial charge in [0.2, 0.25) is 12.3 Å². The Hall–Kier alpha value is -2.19. The number of hydrogen-bond donors (Lipinski definition) is 1. The van der Waals surface area contributed by atoms with Gasteiger partial charge < -0.3 is 5.32 Å². The normalized spacial score (nSPS) is 16.6. The molecule has 0 aromatic heterocycles. The van der Waals surface area contributed by atoms with Crippen molar-refractivity contribution in [3.05, 3.63) is 58.9 Å². The lowest BCUT2D eigenvalue weighted by Gasteiger charge is -2.37. The minimum atomic E-state index is -2.81. The number of amides is 2. The van der Waals surface area contributed by atoms with Crippen LogP contribution in [-0.2, 0) is 9.59 Å². The number of rotatable bonds is 7. The Kier molecular flexibility index (Phi) is 6.43. The lowest BCUT2D eigenvalue weighted by molar-refractivity contribution is -0.131. The molecule has 1 saturated carbocycles. The summed E-state index contributed by atoms with van der Waals surface area (Å²) in [6, 6.07) is 8.46. The molecule has 1 aliphatic rings. The van der Waals surface area contributed by atoms with Crippen LogP contribution in [0.2, 0.25) is 5.02 Å². The zero-order valence-electron chi connectivity index (χ0n) is 15.4. The first-order chi connectivity index (χ1) is 13.7. The molecule has 3 rings (SSSR count). The second-order valence-corrected chi connectivity index (χ2v) is 8.04. The first-order valence-corrected chi connectivity index (χ1v) is 10.3. The molecular formula is C20H18ClF3N2O2S. The fourth-order valence-corrected chi connectivity index (χ4v) is 3.95. The predicted octanol–water partition coefficient (Wildman–Crippen LogP) is 4.82. The third-order valence-corrected chi connectivity index (χ3v) is 5.72. The predicted molar refractivity (Wildman–Crippen MR) is 107 cm³/mol. The van der Waals surface area contributed by atoms with E-state index < -0.39 is 42.6 Å². The molecule has 4 nitrogen and oxygen atoms in total. The molecule has 1 N–H and O–H groups in total. The number of carbonyl (C=O) groups excluding carboxylic acids is 2. The van der Waals surface area contributed by atoms with E-state index in [2.05, 4.69) is 5.32 Å². The monoisotopic (exact) mass is 442 g/mol. The number of carbonyl (C=O) groups is 2. The number of hydrogen-bond acceptors (Lipinski definition) is 3. The Labute approximate surface area is 175 Å². The van der Waals surface area contributed by atoms with Gasteiger partial charge in [0, 0.05) is 40.1 Å². The summed E-state index contributed by atoms with van der Waals surface area (Å²) in [4.78, 5) is 26.6. The molecule has 0 heterocycles. The highest BCUT2D eigenvalue weighted by Crippen LogP contribution is 2.38. The first-order valence-electron chi connectivity index (χ1n) is 8.75. The van der Waals surface area contributed by atoms with E-state index >= 15 is 0 Å². The number of alkyl halides is 2. The number of nitrogens with zero attached hydrogens (tertiary/aromatic N) is 1. The summed E-state index contributed by atoms with van der Waals surface area (Å²) in [5.74, 6) is -4.05. The van der Waals surface area contributed by atoms with Gasteiger partial charge in [0.05, 0.1) is 0 Å². The van der Waals surface area contributed by atoms with Crippen LogP contribution in [0.4, 0.5) is 18.9 Å². The summed E-state index contributed by atoms with van der Waals surface area (Å²) in [6.45, 7) is 0. The molecule has 1 atom stereocenters. The Morgan fingerprint density at radius 2 is 2.00 bits per heavy atom. The van der Waals surface area contributed by atoms with Crippen molar-refractivity contribution in [1.29, 1.82) is 0 Å². The number of thioether (sulfide) groups is 1. The van der Waals surface area contributed by atoms with Crippen LogP contribution in [-0.4, -0.2) is 30.5 Å².